The quantitative estimate of drug-likeness (QED) is 0.574. The second-order valence-electron chi connectivity index (χ2n) is 6.89. The summed E-state index contributed by atoms with van der Waals surface area (Å²) in [5.74, 6) is -0.303. The zero-order valence-corrected chi connectivity index (χ0v) is 15.8. The van der Waals surface area contributed by atoms with Crippen molar-refractivity contribution in [1.29, 1.82) is 0 Å². The molecule has 0 unspecified atom stereocenters. The molecule has 1 saturated carbocycles. The predicted octanol–water partition coefficient (Wildman–Crippen LogP) is 3.87. The fraction of sp³-hybridized carbons (Fsp3) is 0.200. The lowest BCUT2D eigenvalue weighted by atomic mass is 10.1. The van der Waals surface area contributed by atoms with Crippen LogP contribution in [0.4, 0.5) is 30.5 Å². The summed E-state index contributed by atoms with van der Waals surface area (Å²) in [6.45, 7) is 0. The molecular formula is C20H15F3N6O2. The number of carbonyl (C=O) groups excluding carboxylic acids is 2. The molecule has 2 N–H and O–H groups in total. The van der Waals surface area contributed by atoms with Gasteiger partial charge in [-0.3, -0.25) is 9.59 Å². The standard InChI is InChI=1S/C20H15F3N6O2/c21-20(22,23)13-3-4-16(25-8-13)29-17-7-12(5-6-24-17)19(31)28-15-10-27-26-9-14(15)18(30)11-1-2-11/h3-11H,1-2H2,(H,24,25,29)(H,26,28,31). The van der Waals surface area contributed by atoms with Gasteiger partial charge in [-0.15, -0.1) is 0 Å². The molecule has 3 aromatic rings. The van der Waals surface area contributed by atoms with Crippen molar-refractivity contribution in [3.05, 3.63) is 65.7 Å². The van der Waals surface area contributed by atoms with Crippen LogP contribution in [0.3, 0.4) is 0 Å². The van der Waals surface area contributed by atoms with Crippen LogP contribution in [0.5, 0.6) is 0 Å². The highest BCUT2D eigenvalue weighted by Gasteiger charge is 2.32. The number of amides is 1. The number of halogens is 3. The largest absolute Gasteiger partial charge is 0.417 e. The Morgan fingerprint density at radius 2 is 1.74 bits per heavy atom. The lowest BCUT2D eigenvalue weighted by Gasteiger charge is -2.11. The van der Waals surface area contributed by atoms with Gasteiger partial charge < -0.3 is 10.6 Å². The van der Waals surface area contributed by atoms with Gasteiger partial charge in [-0.1, -0.05) is 0 Å². The molecule has 8 nitrogen and oxygen atoms in total. The van der Waals surface area contributed by atoms with Gasteiger partial charge in [-0.2, -0.15) is 23.4 Å². The first kappa shape index (κ1) is 20.4. The van der Waals surface area contributed by atoms with Crippen LogP contribution in [-0.2, 0) is 6.18 Å². The molecule has 0 atom stereocenters. The number of rotatable bonds is 6. The van der Waals surface area contributed by atoms with E-state index in [1.807, 2.05) is 0 Å². The normalized spacial score (nSPS) is 13.5. The number of alkyl halides is 3. The number of pyridine rings is 2. The van der Waals surface area contributed by atoms with Crippen molar-refractivity contribution in [2.24, 2.45) is 5.92 Å². The summed E-state index contributed by atoms with van der Waals surface area (Å²) in [4.78, 5) is 32.8. The Hall–Kier alpha value is -3.89. The van der Waals surface area contributed by atoms with E-state index in [0.717, 1.165) is 25.0 Å². The summed E-state index contributed by atoms with van der Waals surface area (Å²) in [5.41, 5.74) is -0.104. The minimum absolute atomic E-state index is 0.0483. The van der Waals surface area contributed by atoms with Crippen molar-refractivity contribution >= 4 is 29.0 Å². The summed E-state index contributed by atoms with van der Waals surface area (Å²) in [6.07, 6.45) is 1.84. The van der Waals surface area contributed by atoms with E-state index in [-0.39, 0.29) is 34.6 Å². The van der Waals surface area contributed by atoms with Crippen molar-refractivity contribution in [2.75, 3.05) is 10.6 Å². The van der Waals surface area contributed by atoms with Crippen molar-refractivity contribution in [2.45, 2.75) is 19.0 Å². The Morgan fingerprint density at radius 3 is 2.42 bits per heavy atom. The molecule has 0 spiro atoms. The number of anilines is 3. The van der Waals surface area contributed by atoms with Gasteiger partial charge in [0.25, 0.3) is 5.91 Å². The molecule has 0 aliphatic heterocycles. The lowest BCUT2D eigenvalue weighted by Crippen LogP contribution is -2.16. The van der Waals surface area contributed by atoms with Crippen molar-refractivity contribution < 1.29 is 22.8 Å². The number of aromatic nitrogens is 4. The second kappa shape index (κ2) is 8.09. The number of hydrogen-bond acceptors (Lipinski definition) is 7. The van der Waals surface area contributed by atoms with E-state index in [9.17, 15) is 22.8 Å². The van der Waals surface area contributed by atoms with Gasteiger partial charge in [0, 0.05) is 23.9 Å². The zero-order valence-electron chi connectivity index (χ0n) is 15.8. The van der Waals surface area contributed by atoms with E-state index in [0.29, 0.717) is 11.8 Å². The summed E-state index contributed by atoms with van der Waals surface area (Å²) in [5, 5.41) is 12.8. The molecule has 1 aliphatic rings. The minimum Gasteiger partial charge on any atom is -0.325 e. The Morgan fingerprint density at radius 1 is 0.968 bits per heavy atom. The number of ketones is 1. The van der Waals surface area contributed by atoms with Gasteiger partial charge in [0.05, 0.1) is 29.2 Å². The second-order valence-corrected chi connectivity index (χ2v) is 6.89. The highest BCUT2D eigenvalue weighted by atomic mass is 19.4. The molecule has 1 amide bonds. The Kier molecular flexibility index (Phi) is 5.32. The highest BCUT2D eigenvalue weighted by molar-refractivity contribution is 6.10. The topological polar surface area (TPSA) is 110 Å². The molecule has 3 aromatic heterocycles. The van der Waals surface area contributed by atoms with E-state index in [2.05, 4.69) is 30.8 Å². The van der Waals surface area contributed by atoms with Gasteiger partial charge in [0.2, 0.25) is 0 Å². The molecule has 0 aromatic carbocycles. The summed E-state index contributed by atoms with van der Waals surface area (Å²) in [6, 6.07) is 4.92. The van der Waals surface area contributed by atoms with E-state index in [1.54, 1.807) is 0 Å². The van der Waals surface area contributed by atoms with Gasteiger partial charge >= 0.3 is 6.18 Å². The van der Waals surface area contributed by atoms with Crippen LogP contribution < -0.4 is 10.6 Å². The van der Waals surface area contributed by atoms with Crippen molar-refractivity contribution in [3.63, 3.8) is 0 Å². The number of nitrogens with one attached hydrogen (secondary N) is 2. The number of carbonyl (C=O) groups is 2. The molecule has 158 valence electrons. The highest BCUT2D eigenvalue weighted by Crippen LogP contribution is 2.34. The first-order valence-corrected chi connectivity index (χ1v) is 9.24. The fourth-order valence-electron chi connectivity index (χ4n) is 2.78. The van der Waals surface area contributed by atoms with Crippen LogP contribution in [0, 0.1) is 5.92 Å². The SMILES string of the molecule is O=C(Nc1cnncc1C(=O)C1CC1)c1ccnc(Nc2ccc(C(F)(F)F)cn2)c1. The molecule has 11 heteroatoms. The molecule has 31 heavy (non-hydrogen) atoms. The van der Waals surface area contributed by atoms with Gasteiger partial charge in [-0.25, -0.2) is 9.97 Å². The van der Waals surface area contributed by atoms with Gasteiger partial charge in [0.1, 0.15) is 11.6 Å². The third kappa shape index (κ3) is 4.82. The van der Waals surface area contributed by atoms with Gasteiger partial charge in [0.15, 0.2) is 5.78 Å². The van der Waals surface area contributed by atoms with Crippen molar-refractivity contribution in [1.82, 2.24) is 20.2 Å². The Balaban J connectivity index is 1.48. The van der Waals surface area contributed by atoms with Crippen LogP contribution >= 0.6 is 0 Å². The average Bonchev–Trinajstić information content (AvgIpc) is 3.59. The molecule has 1 aliphatic carbocycles. The van der Waals surface area contributed by atoms with E-state index < -0.39 is 17.6 Å². The predicted molar refractivity (Wildman–Crippen MR) is 104 cm³/mol. The van der Waals surface area contributed by atoms with Crippen molar-refractivity contribution in [3.8, 4) is 0 Å². The first-order valence-electron chi connectivity index (χ1n) is 9.24. The molecule has 0 bridgehead atoms. The molecule has 1 fully saturated rings. The summed E-state index contributed by atoms with van der Waals surface area (Å²) >= 11 is 0. The lowest BCUT2D eigenvalue weighted by molar-refractivity contribution is -0.137. The van der Waals surface area contributed by atoms with Crippen LogP contribution in [0.15, 0.2) is 49.1 Å². The maximum Gasteiger partial charge on any atom is 0.417 e. The minimum atomic E-state index is -4.48. The van der Waals surface area contributed by atoms with Crippen LogP contribution in [-0.4, -0.2) is 31.9 Å². The number of nitrogens with zero attached hydrogens (tertiary/aromatic N) is 4. The number of hydrogen-bond donors (Lipinski definition) is 2. The molecule has 0 radical (unpaired) electrons. The van der Waals surface area contributed by atoms with E-state index in [4.69, 9.17) is 0 Å². The van der Waals surface area contributed by atoms with Crippen LogP contribution in [0.1, 0.15) is 39.1 Å². The fourth-order valence-corrected chi connectivity index (χ4v) is 2.78. The number of Topliss-reactive ketones (excluding diaryl/α,β-unsaturated/α-hetero) is 1. The summed E-state index contributed by atoms with van der Waals surface area (Å²) in [7, 11) is 0. The van der Waals surface area contributed by atoms with Crippen LogP contribution in [0.25, 0.3) is 0 Å². The average molecular weight is 428 g/mol. The molecular weight excluding hydrogens is 413 g/mol. The molecule has 4 rings (SSSR count). The maximum absolute atomic E-state index is 12.7. The zero-order chi connectivity index (χ0) is 22.0. The molecule has 3 heterocycles. The Labute approximate surface area is 173 Å². The van der Waals surface area contributed by atoms with E-state index >= 15 is 0 Å². The van der Waals surface area contributed by atoms with E-state index in [1.165, 1.54) is 30.7 Å². The Bertz CT molecular complexity index is 1130. The van der Waals surface area contributed by atoms with Gasteiger partial charge in [-0.05, 0) is 37.1 Å². The third-order valence-corrected chi connectivity index (χ3v) is 4.56. The first-order chi connectivity index (χ1) is 14.8. The smallest absolute Gasteiger partial charge is 0.325 e. The molecule has 0 saturated heterocycles. The third-order valence-electron chi connectivity index (χ3n) is 4.56. The summed E-state index contributed by atoms with van der Waals surface area (Å²) < 4.78 is 37.9. The maximum atomic E-state index is 12.7. The monoisotopic (exact) mass is 428 g/mol. The van der Waals surface area contributed by atoms with Crippen LogP contribution in [0.2, 0.25) is 0 Å².